The topological polar surface area (TPSA) is 3.24 Å². The maximum Gasteiger partial charge on any atom is 0.0713 e. The minimum Gasteiger partial charge on any atom is -0.310 e. The summed E-state index contributed by atoms with van der Waals surface area (Å²) in [5, 5.41) is 1.50. The fourth-order valence-corrected chi connectivity index (χ4v) is 10.5. The molecule has 0 bridgehead atoms. The maximum absolute atomic E-state index is 8.94. The molecule has 0 N–H and O–H groups in total. The summed E-state index contributed by atoms with van der Waals surface area (Å²) in [4.78, 5) is 2.04. The van der Waals surface area contributed by atoms with E-state index < -0.39 is 59.8 Å². The summed E-state index contributed by atoms with van der Waals surface area (Å²) in [6.45, 7) is 0. The van der Waals surface area contributed by atoms with Crippen molar-refractivity contribution in [2.24, 2.45) is 0 Å². The lowest BCUT2D eigenvalue weighted by molar-refractivity contribution is 0.769. The number of rotatable bonds is 8. The molecular formula is C61H41NS. The molecule has 1 aliphatic carbocycles. The fourth-order valence-electron chi connectivity index (χ4n) is 9.35. The van der Waals surface area contributed by atoms with Gasteiger partial charge in [0.1, 0.15) is 0 Å². The highest BCUT2D eigenvalue weighted by molar-refractivity contribution is 7.26. The summed E-state index contributed by atoms with van der Waals surface area (Å²) >= 11 is 1.52. The second-order valence-electron chi connectivity index (χ2n) is 15.3. The summed E-state index contributed by atoms with van der Waals surface area (Å²) in [6, 6.07) is 44.8. The molecule has 11 aromatic rings. The monoisotopic (exact) mass is 834 g/mol. The Morgan fingerprint density at radius 2 is 0.905 bits per heavy atom. The van der Waals surface area contributed by atoms with Crippen LogP contribution in [0.2, 0.25) is 0 Å². The van der Waals surface area contributed by atoms with Crippen LogP contribution in [0.15, 0.2) is 248 Å². The molecule has 63 heavy (non-hydrogen) atoms. The van der Waals surface area contributed by atoms with Gasteiger partial charge in [-0.15, -0.1) is 11.3 Å². The number of hydrogen-bond acceptors (Lipinski definition) is 2. The zero-order chi connectivity index (χ0) is 54.8. The lowest BCUT2D eigenvalue weighted by atomic mass is 9.67. The predicted molar refractivity (Wildman–Crippen MR) is 268 cm³/mol. The summed E-state index contributed by atoms with van der Waals surface area (Å²) in [7, 11) is 0. The van der Waals surface area contributed by atoms with Gasteiger partial charge in [0.05, 0.1) is 26.0 Å². The van der Waals surface area contributed by atoms with Gasteiger partial charge in [0, 0.05) is 37.2 Å². The van der Waals surface area contributed by atoms with Gasteiger partial charge in [-0.3, -0.25) is 0 Å². The van der Waals surface area contributed by atoms with Gasteiger partial charge in [0.2, 0.25) is 0 Å². The van der Waals surface area contributed by atoms with Crippen LogP contribution in [0, 0.1) is 0 Å². The molecule has 0 spiro atoms. The molecule has 2 heteroatoms. The Hall–Kier alpha value is -7.78. The molecule has 0 atom stereocenters. The Morgan fingerprint density at radius 3 is 1.56 bits per heavy atom. The first-order valence-electron chi connectivity index (χ1n) is 27.9. The molecule has 10 aromatic carbocycles. The van der Waals surface area contributed by atoms with Gasteiger partial charge in [0.25, 0.3) is 0 Å². The SMILES string of the molecule is [2H]c1c([2H])c([2H])c(-c2ccc(N(c3ccc(C4(c5cccc(-c6c([2H])c([2H])c([2H])c([2H])c6[2H])c5)c5ccccc5-c5ccccc54)cc3)c3ccc4sc5cccc(-c6c([2H])c([2H])c([2H])c([2H])c6[2H])c5c4c3)cc2)c([2H])c1[2H]. The normalized spacial score (nSPS) is 15.9. The van der Waals surface area contributed by atoms with E-state index in [1.807, 2.05) is 102 Å². The molecule has 0 radical (unpaired) electrons. The Morgan fingerprint density at radius 1 is 0.365 bits per heavy atom. The van der Waals surface area contributed by atoms with Crippen LogP contribution in [0.3, 0.4) is 0 Å². The van der Waals surface area contributed by atoms with Crippen molar-refractivity contribution in [1.29, 1.82) is 0 Å². The minimum atomic E-state index is -0.972. The van der Waals surface area contributed by atoms with Crippen LogP contribution in [-0.4, -0.2) is 0 Å². The smallest absolute Gasteiger partial charge is 0.0713 e. The Balaban J connectivity index is 1.08. The molecule has 0 saturated heterocycles. The molecule has 1 heterocycles. The highest BCUT2D eigenvalue weighted by Crippen LogP contribution is 2.57. The molecule has 0 saturated carbocycles. The average Bonchev–Trinajstić information content (AvgIpc) is 3.97. The van der Waals surface area contributed by atoms with Gasteiger partial charge in [-0.25, -0.2) is 0 Å². The van der Waals surface area contributed by atoms with Crippen LogP contribution in [0.4, 0.5) is 17.1 Å². The van der Waals surface area contributed by atoms with Gasteiger partial charge in [-0.05, 0) is 121 Å². The van der Waals surface area contributed by atoms with E-state index in [1.165, 1.54) is 11.3 Å². The predicted octanol–water partition coefficient (Wildman–Crippen LogP) is 16.9. The van der Waals surface area contributed by atoms with Gasteiger partial charge in [-0.1, -0.05) is 194 Å². The third-order valence-corrected chi connectivity index (χ3v) is 13.2. The number of nitrogens with zero attached hydrogens (tertiary/aromatic N) is 1. The van der Waals surface area contributed by atoms with Crippen molar-refractivity contribution in [2.45, 2.75) is 5.41 Å². The number of thiophene rings is 1. The zero-order valence-corrected chi connectivity index (χ0v) is 34.2. The molecule has 296 valence electrons. The third-order valence-electron chi connectivity index (χ3n) is 12.0. The first-order chi connectivity index (χ1) is 37.4. The molecule has 1 aromatic heterocycles. The Bertz CT molecular complexity index is 4210. The minimum absolute atomic E-state index is 0.0628. The van der Waals surface area contributed by atoms with Crippen molar-refractivity contribution in [1.82, 2.24) is 0 Å². The number of hydrogen-bond donors (Lipinski definition) is 0. The summed E-state index contributed by atoms with van der Waals surface area (Å²) in [5.74, 6) is 0. The van der Waals surface area contributed by atoms with Crippen molar-refractivity contribution in [3.63, 3.8) is 0 Å². The largest absolute Gasteiger partial charge is 0.310 e. The van der Waals surface area contributed by atoms with E-state index in [0.717, 1.165) is 53.6 Å². The van der Waals surface area contributed by atoms with Crippen LogP contribution in [0.1, 0.15) is 42.8 Å². The van der Waals surface area contributed by atoms with Crippen molar-refractivity contribution in [2.75, 3.05) is 4.90 Å². The lowest BCUT2D eigenvalue weighted by Crippen LogP contribution is -2.28. The first kappa shape index (κ1) is 24.6. The molecule has 1 nitrogen and oxygen atoms in total. The standard InChI is InChI=1S/C61H41NS/c1-4-16-42(17-5-1)44-30-34-49(35-31-44)62(51-38-39-58-55(41-51)60-52(26-15-29-59(60)63-58)45-20-8-3-9-21-45)50-36-32-47(33-37-50)61(48-23-14-22-46(40-48)43-18-6-2-7-19-43)56-27-12-10-24-53(56)54-25-11-13-28-57(54)61/h1-41H/i1D,2D,3D,4D,5D,6D,7D,8D,9D,16D,17D,18D,19D,20D,21D. The van der Waals surface area contributed by atoms with Crippen LogP contribution < -0.4 is 4.90 Å². The molecule has 0 aliphatic heterocycles. The molecule has 1 aliphatic rings. The zero-order valence-electron chi connectivity index (χ0n) is 48.4. The van der Waals surface area contributed by atoms with E-state index >= 15 is 0 Å². The summed E-state index contributed by atoms with van der Waals surface area (Å²) in [6.07, 6.45) is 0. The van der Waals surface area contributed by atoms with Crippen molar-refractivity contribution >= 4 is 48.6 Å². The quantitative estimate of drug-likeness (QED) is 0.147. The fraction of sp³-hybridized carbons (Fsp3) is 0.0164. The average molecular weight is 835 g/mol. The van der Waals surface area contributed by atoms with E-state index in [4.69, 9.17) is 20.6 Å². The Labute approximate surface area is 393 Å². The highest BCUT2D eigenvalue weighted by atomic mass is 32.1. The van der Waals surface area contributed by atoms with Crippen molar-refractivity contribution < 1.29 is 20.6 Å². The van der Waals surface area contributed by atoms with Gasteiger partial charge in [0.15, 0.2) is 0 Å². The van der Waals surface area contributed by atoms with Crippen LogP contribution in [0.5, 0.6) is 0 Å². The maximum atomic E-state index is 8.94. The number of anilines is 3. The molecular weight excluding hydrogens is 779 g/mol. The van der Waals surface area contributed by atoms with Crippen LogP contribution in [0.25, 0.3) is 64.7 Å². The molecule has 12 rings (SSSR count). The second-order valence-corrected chi connectivity index (χ2v) is 16.4. The Kier molecular flexibility index (Phi) is 5.97. The van der Waals surface area contributed by atoms with E-state index in [2.05, 4.69) is 36.4 Å². The van der Waals surface area contributed by atoms with E-state index in [-0.39, 0.29) is 52.9 Å². The van der Waals surface area contributed by atoms with Crippen LogP contribution in [-0.2, 0) is 5.41 Å². The molecule has 0 amide bonds. The van der Waals surface area contributed by atoms with Gasteiger partial charge < -0.3 is 4.90 Å². The number of fused-ring (bicyclic) bond motifs is 6. The van der Waals surface area contributed by atoms with Crippen LogP contribution >= 0.6 is 11.3 Å². The van der Waals surface area contributed by atoms with E-state index in [1.54, 1.807) is 24.3 Å². The van der Waals surface area contributed by atoms with E-state index in [9.17, 15) is 0 Å². The van der Waals surface area contributed by atoms with Gasteiger partial charge in [-0.2, -0.15) is 0 Å². The second kappa shape index (κ2) is 15.3. The van der Waals surface area contributed by atoms with Crippen molar-refractivity contribution in [3.8, 4) is 44.5 Å². The van der Waals surface area contributed by atoms with Crippen molar-refractivity contribution in [3.05, 3.63) is 271 Å². The number of benzene rings is 10. The highest BCUT2D eigenvalue weighted by Gasteiger charge is 2.46. The lowest BCUT2D eigenvalue weighted by Gasteiger charge is -2.35. The first-order valence-corrected chi connectivity index (χ1v) is 21.2. The molecule has 0 fully saturated rings. The third kappa shape index (κ3) is 6.14. The van der Waals surface area contributed by atoms with E-state index in [0.29, 0.717) is 33.8 Å². The summed E-state index contributed by atoms with van der Waals surface area (Å²) < 4.78 is 130. The molecule has 0 unspecified atom stereocenters. The van der Waals surface area contributed by atoms with Gasteiger partial charge >= 0.3 is 0 Å². The summed E-state index contributed by atoms with van der Waals surface area (Å²) in [5.41, 5.74) is 8.40.